The van der Waals surface area contributed by atoms with E-state index < -0.39 is 11.4 Å². The van der Waals surface area contributed by atoms with Crippen molar-refractivity contribution in [3.8, 4) is 5.75 Å². The van der Waals surface area contributed by atoms with Crippen LogP contribution in [0.4, 0.5) is 0 Å². The van der Waals surface area contributed by atoms with E-state index in [1.807, 2.05) is 0 Å². The smallest absolute Gasteiger partial charge is 0.313 e. The van der Waals surface area contributed by atoms with Crippen LogP contribution in [0.15, 0.2) is 24.3 Å². The molecular formula is C12H13ClO3. The highest BCUT2D eigenvalue weighted by molar-refractivity contribution is 6.30. The molecule has 2 rings (SSSR count). The van der Waals surface area contributed by atoms with E-state index in [0.29, 0.717) is 23.6 Å². The van der Waals surface area contributed by atoms with Gasteiger partial charge in [0.2, 0.25) is 0 Å². The van der Waals surface area contributed by atoms with Gasteiger partial charge in [0.05, 0.1) is 0 Å². The lowest BCUT2D eigenvalue weighted by Gasteiger charge is -2.37. The molecule has 1 N–H and O–H groups in total. The van der Waals surface area contributed by atoms with E-state index in [1.165, 1.54) is 0 Å². The zero-order valence-electron chi connectivity index (χ0n) is 8.78. The molecule has 86 valence electrons. The maximum atomic E-state index is 11.1. The summed E-state index contributed by atoms with van der Waals surface area (Å²) in [6.07, 6.45) is 2.36. The summed E-state index contributed by atoms with van der Waals surface area (Å²) in [4.78, 5) is 11.1. The van der Waals surface area contributed by atoms with E-state index in [2.05, 4.69) is 0 Å². The Hall–Kier alpha value is -1.22. The van der Waals surface area contributed by atoms with Crippen molar-refractivity contribution >= 4 is 17.6 Å². The molecule has 0 spiro atoms. The largest absolute Gasteiger partial charge is 0.492 e. The minimum absolute atomic E-state index is 0.225. The summed E-state index contributed by atoms with van der Waals surface area (Å²) in [7, 11) is 0. The summed E-state index contributed by atoms with van der Waals surface area (Å²) in [6, 6.07) is 7.01. The summed E-state index contributed by atoms with van der Waals surface area (Å²) >= 11 is 5.81. The number of carbonyl (C=O) groups is 1. The highest BCUT2D eigenvalue weighted by Gasteiger charge is 2.45. The molecule has 0 bridgehead atoms. The molecule has 1 aromatic rings. The molecule has 16 heavy (non-hydrogen) atoms. The lowest BCUT2D eigenvalue weighted by molar-refractivity contribution is -0.157. The van der Waals surface area contributed by atoms with Crippen molar-refractivity contribution in [2.45, 2.75) is 19.3 Å². The average molecular weight is 241 g/mol. The Morgan fingerprint density at radius 2 is 2.25 bits per heavy atom. The van der Waals surface area contributed by atoms with Gasteiger partial charge in [-0.15, -0.1) is 0 Å². The van der Waals surface area contributed by atoms with Gasteiger partial charge in [-0.2, -0.15) is 0 Å². The van der Waals surface area contributed by atoms with Gasteiger partial charge in [-0.1, -0.05) is 24.1 Å². The molecule has 0 atom stereocenters. The third kappa shape index (κ3) is 2.14. The normalized spacial score (nSPS) is 17.6. The molecule has 1 aromatic carbocycles. The van der Waals surface area contributed by atoms with Crippen LogP contribution >= 0.6 is 11.6 Å². The fourth-order valence-electron chi connectivity index (χ4n) is 1.80. The molecule has 4 heteroatoms. The Labute approximate surface area is 99.0 Å². The van der Waals surface area contributed by atoms with E-state index in [0.717, 1.165) is 6.42 Å². The lowest BCUT2D eigenvalue weighted by atomic mass is 9.69. The van der Waals surface area contributed by atoms with Crippen molar-refractivity contribution in [3.63, 3.8) is 0 Å². The van der Waals surface area contributed by atoms with Crippen molar-refractivity contribution in [2.75, 3.05) is 6.61 Å². The Kier molecular flexibility index (Phi) is 3.06. The van der Waals surface area contributed by atoms with Gasteiger partial charge in [-0.25, -0.2) is 0 Å². The third-order valence-corrected chi connectivity index (χ3v) is 3.31. The number of ether oxygens (including phenoxy) is 1. The Morgan fingerprint density at radius 1 is 1.50 bits per heavy atom. The van der Waals surface area contributed by atoms with Crippen LogP contribution in [0, 0.1) is 5.41 Å². The first kappa shape index (κ1) is 11.3. The topological polar surface area (TPSA) is 46.5 Å². The van der Waals surface area contributed by atoms with E-state index in [-0.39, 0.29) is 6.61 Å². The molecule has 0 heterocycles. The fourth-order valence-corrected chi connectivity index (χ4v) is 1.98. The van der Waals surface area contributed by atoms with Gasteiger partial charge in [-0.05, 0) is 31.0 Å². The highest BCUT2D eigenvalue weighted by Crippen LogP contribution is 2.41. The Bertz CT molecular complexity index is 399. The molecule has 1 aliphatic carbocycles. The van der Waals surface area contributed by atoms with E-state index in [9.17, 15) is 4.79 Å². The number of rotatable bonds is 4. The monoisotopic (exact) mass is 240 g/mol. The molecule has 1 aliphatic rings. The molecule has 0 aliphatic heterocycles. The van der Waals surface area contributed by atoms with Crippen molar-refractivity contribution in [1.82, 2.24) is 0 Å². The van der Waals surface area contributed by atoms with Gasteiger partial charge in [0, 0.05) is 5.02 Å². The van der Waals surface area contributed by atoms with Crippen LogP contribution in [0.5, 0.6) is 5.75 Å². The molecule has 1 saturated carbocycles. The molecule has 0 radical (unpaired) electrons. The van der Waals surface area contributed by atoms with Crippen LogP contribution in [0.25, 0.3) is 0 Å². The minimum atomic E-state index is -0.763. The van der Waals surface area contributed by atoms with Crippen molar-refractivity contribution in [1.29, 1.82) is 0 Å². The van der Waals surface area contributed by atoms with E-state index in [4.69, 9.17) is 21.4 Å². The zero-order valence-corrected chi connectivity index (χ0v) is 9.54. The first-order chi connectivity index (χ1) is 7.62. The predicted molar refractivity (Wildman–Crippen MR) is 60.9 cm³/mol. The average Bonchev–Trinajstić information content (AvgIpc) is 2.15. The number of carboxylic acids is 1. The van der Waals surface area contributed by atoms with Gasteiger partial charge < -0.3 is 9.84 Å². The summed E-state index contributed by atoms with van der Waals surface area (Å²) in [5, 5.41) is 9.70. The van der Waals surface area contributed by atoms with Gasteiger partial charge in [0.25, 0.3) is 0 Å². The summed E-state index contributed by atoms with van der Waals surface area (Å²) in [6.45, 7) is 0.225. The second-order valence-electron chi connectivity index (χ2n) is 4.19. The standard InChI is InChI=1S/C12H13ClO3/c13-9-3-1-4-10(7-9)16-8-12(11(14)15)5-2-6-12/h1,3-4,7H,2,5-6,8H2,(H,14,15). The summed E-state index contributed by atoms with van der Waals surface area (Å²) in [5.74, 6) is -0.138. The van der Waals surface area contributed by atoms with Crippen LogP contribution in [-0.4, -0.2) is 17.7 Å². The zero-order chi connectivity index (χ0) is 11.6. The molecule has 3 nitrogen and oxygen atoms in total. The van der Waals surface area contributed by atoms with Gasteiger partial charge in [0.15, 0.2) is 0 Å². The van der Waals surface area contributed by atoms with E-state index >= 15 is 0 Å². The SMILES string of the molecule is O=C(O)C1(COc2cccc(Cl)c2)CCC1. The van der Waals surface area contributed by atoms with E-state index in [1.54, 1.807) is 24.3 Å². The second-order valence-corrected chi connectivity index (χ2v) is 4.62. The van der Waals surface area contributed by atoms with Crippen LogP contribution in [0.2, 0.25) is 5.02 Å². The first-order valence-electron chi connectivity index (χ1n) is 5.24. The number of benzene rings is 1. The number of hydrogen-bond donors (Lipinski definition) is 1. The molecule has 0 unspecified atom stereocenters. The van der Waals surface area contributed by atoms with Crippen LogP contribution in [0.1, 0.15) is 19.3 Å². The van der Waals surface area contributed by atoms with Crippen molar-refractivity contribution in [2.24, 2.45) is 5.41 Å². The quantitative estimate of drug-likeness (QED) is 0.880. The molecule has 0 aromatic heterocycles. The second kappa shape index (κ2) is 4.34. The first-order valence-corrected chi connectivity index (χ1v) is 5.62. The third-order valence-electron chi connectivity index (χ3n) is 3.08. The molecule has 1 fully saturated rings. The van der Waals surface area contributed by atoms with Crippen LogP contribution < -0.4 is 4.74 Å². The van der Waals surface area contributed by atoms with Crippen molar-refractivity contribution in [3.05, 3.63) is 29.3 Å². The minimum Gasteiger partial charge on any atom is -0.492 e. The van der Waals surface area contributed by atoms with Gasteiger partial charge >= 0.3 is 5.97 Å². The molecular weight excluding hydrogens is 228 g/mol. The van der Waals surface area contributed by atoms with Crippen LogP contribution in [-0.2, 0) is 4.79 Å². The summed E-state index contributed by atoms with van der Waals surface area (Å²) in [5.41, 5.74) is -0.678. The van der Waals surface area contributed by atoms with Crippen molar-refractivity contribution < 1.29 is 14.6 Å². The predicted octanol–water partition coefficient (Wildman–Crippen LogP) is 2.97. The number of carboxylic acid groups (broad SMARTS) is 1. The Morgan fingerprint density at radius 3 is 2.75 bits per heavy atom. The fraction of sp³-hybridized carbons (Fsp3) is 0.417. The highest BCUT2D eigenvalue weighted by atomic mass is 35.5. The lowest BCUT2D eigenvalue weighted by Crippen LogP contribution is -2.43. The molecule has 0 amide bonds. The summed E-state index contributed by atoms with van der Waals surface area (Å²) < 4.78 is 5.49. The van der Waals surface area contributed by atoms with Crippen LogP contribution in [0.3, 0.4) is 0 Å². The number of aliphatic carboxylic acids is 1. The van der Waals surface area contributed by atoms with Gasteiger partial charge in [0.1, 0.15) is 17.8 Å². The maximum absolute atomic E-state index is 11.1. The molecule has 0 saturated heterocycles. The van der Waals surface area contributed by atoms with Gasteiger partial charge in [-0.3, -0.25) is 4.79 Å². The Balaban J connectivity index is 1.99. The maximum Gasteiger partial charge on any atom is 0.313 e. The number of halogens is 1. The number of hydrogen-bond acceptors (Lipinski definition) is 2.